The highest BCUT2D eigenvalue weighted by atomic mass is 15.0. The maximum Gasteiger partial charge on any atom is 0.244 e. The Kier molecular flexibility index (Phi) is 28.0. The minimum absolute atomic E-state index is 0.495. The van der Waals surface area contributed by atoms with E-state index in [9.17, 15) is 0 Å². The number of hydrogen-bond acceptors (Lipinski definition) is 2. The van der Waals surface area contributed by atoms with E-state index in [0.717, 1.165) is 12.6 Å². The predicted molar refractivity (Wildman–Crippen MR) is 212 cm³/mol. The van der Waals surface area contributed by atoms with Crippen LogP contribution in [-0.4, -0.2) is 12.4 Å². The van der Waals surface area contributed by atoms with Gasteiger partial charge in [0.1, 0.15) is 0 Å². The summed E-state index contributed by atoms with van der Waals surface area (Å²) >= 11 is 0. The van der Waals surface area contributed by atoms with Crippen LogP contribution in [0, 0.1) is 18.0 Å². The van der Waals surface area contributed by atoms with Gasteiger partial charge >= 0.3 is 0 Å². The summed E-state index contributed by atoms with van der Waals surface area (Å²) < 4.78 is 0. The van der Waals surface area contributed by atoms with Crippen molar-refractivity contribution in [3.63, 3.8) is 0 Å². The molecule has 0 bridgehead atoms. The van der Waals surface area contributed by atoms with Gasteiger partial charge in [-0.2, -0.15) is 0 Å². The van der Waals surface area contributed by atoms with E-state index in [-0.39, 0.29) is 0 Å². The van der Waals surface area contributed by atoms with Gasteiger partial charge in [0.05, 0.1) is 5.92 Å². The Labute approximate surface area is 294 Å². The van der Waals surface area contributed by atoms with Gasteiger partial charge in [0, 0.05) is 0 Å². The zero-order chi connectivity index (χ0) is 33.3. The number of rotatable bonds is 35. The SMILES string of the molecule is CCCCCCCCCCCCCCCCCCCC([C+]1N=CC=N1)C(CCCCCCCCCCCCCC)Cc1ccccc1. The van der Waals surface area contributed by atoms with Crippen molar-refractivity contribution >= 4 is 12.4 Å². The molecule has 0 saturated carbocycles. The van der Waals surface area contributed by atoms with E-state index in [2.05, 4.69) is 44.2 Å². The van der Waals surface area contributed by atoms with Gasteiger partial charge in [0.2, 0.25) is 6.17 Å². The number of hydrogen-bond donors (Lipinski definition) is 0. The van der Waals surface area contributed by atoms with Crippen LogP contribution in [-0.2, 0) is 6.42 Å². The lowest BCUT2D eigenvalue weighted by molar-refractivity contribution is 0.284. The highest BCUT2D eigenvalue weighted by molar-refractivity contribution is 6.18. The maximum atomic E-state index is 4.77. The van der Waals surface area contributed by atoms with E-state index < -0.39 is 0 Å². The zero-order valence-electron chi connectivity index (χ0n) is 31.7. The molecule has 0 N–H and O–H groups in total. The predicted octanol–water partition coefficient (Wildman–Crippen LogP) is 15.2. The molecule has 2 unspecified atom stereocenters. The fraction of sp³-hybridized carbons (Fsp3) is 0.800. The summed E-state index contributed by atoms with van der Waals surface area (Å²) in [6.07, 6.45) is 50.0. The highest BCUT2D eigenvalue weighted by Gasteiger charge is 2.35. The topological polar surface area (TPSA) is 24.7 Å². The number of unbranched alkanes of at least 4 members (excludes halogenated alkanes) is 27. The fourth-order valence-corrected chi connectivity index (χ4v) is 7.72. The van der Waals surface area contributed by atoms with Gasteiger partial charge < -0.3 is 0 Å². The summed E-state index contributed by atoms with van der Waals surface area (Å²) in [7, 11) is 0. The summed E-state index contributed by atoms with van der Waals surface area (Å²) in [4.78, 5) is 9.55. The quantitative estimate of drug-likeness (QED) is 0.0517. The first-order chi connectivity index (χ1) is 23.3. The van der Waals surface area contributed by atoms with E-state index in [4.69, 9.17) is 9.98 Å². The summed E-state index contributed by atoms with van der Waals surface area (Å²) in [6.45, 7) is 4.61. The number of aliphatic imine (C=N–C) groups is 2. The summed E-state index contributed by atoms with van der Waals surface area (Å²) in [6, 6.07) is 11.2. The Morgan fingerprint density at radius 3 is 1.15 bits per heavy atom. The first-order valence-electron chi connectivity index (χ1n) is 21.3. The Bertz CT molecular complexity index is 818. The first kappa shape index (κ1) is 41.6. The third kappa shape index (κ3) is 23.4. The van der Waals surface area contributed by atoms with Crippen molar-refractivity contribution < 1.29 is 0 Å². The second-order valence-electron chi connectivity index (χ2n) is 15.1. The smallest absolute Gasteiger partial charge is 0.0965 e. The molecule has 2 heteroatoms. The van der Waals surface area contributed by atoms with Gasteiger partial charge in [-0.1, -0.05) is 240 Å². The molecule has 47 heavy (non-hydrogen) atoms. The summed E-state index contributed by atoms with van der Waals surface area (Å²) in [5.41, 5.74) is 1.48. The van der Waals surface area contributed by atoms with Crippen LogP contribution in [0.15, 0.2) is 40.3 Å². The third-order valence-corrected chi connectivity index (χ3v) is 10.8. The molecule has 0 saturated heterocycles. The van der Waals surface area contributed by atoms with Crippen molar-refractivity contribution in [2.75, 3.05) is 0 Å². The lowest BCUT2D eigenvalue weighted by atomic mass is 9.78. The molecule has 0 fully saturated rings. The second kappa shape index (κ2) is 31.7. The van der Waals surface area contributed by atoms with Crippen molar-refractivity contribution in [2.24, 2.45) is 21.8 Å². The summed E-state index contributed by atoms with van der Waals surface area (Å²) in [5, 5.41) is 0. The Morgan fingerprint density at radius 2 is 0.766 bits per heavy atom. The van der Waals surface area contributed by atoms with Crippen molar-refractivity contribution in [3.8, 4) is 0 Å². The average molecular weight is 648 g/mol. The van der Waals surface area contributed by atoms with E-state index in [0.29, 0.717) is 11.8 Å². The zero-order valence-corrected chi connectivity index (χ0v) is 31.7. The van der Waals surface area contributed by atoms with Gasteiger partial charge in [-0.15, -0.1) is 0 Å². The van der Waals surface area contributed by atoms with Crippen molar-refractivity contribution in [1.82, 2.24) is 0 Å². The Morgan fingerprint density at radius 1 is 0.426 bits per heavy atom. The van der Waals surface area contributed by atoms with Crippen LogP contribution in [0.5, 0.6) is 0 Å². The molecule has 0 aliphatic carbocycles. The molecule has 0 radical (unpaired) electrons. The molecular weight excluding hydrogens is 569 g/mol. The van der Waals surface area contributed by atoms with Crippen molar-refractivity contribution in [2.45, 2.75) is 219 Å². The number of benzene rings is 1. The standard InChI is InChI=1S/C45H79N2/c1-3-5-7-9-11-13-15-17-18-19-20-21-23-25-27-29-34-38-44(45-46-39-40-47-45)43(41-42-35-31-30-32-36-42)37-33-28-26-24-22-16-14-12-10-8-6-4-2/h30-32,35-36,39-40,43-44H,3-29,33-34,37-38,41H2,1-2H3/q+1. The largest absolute Gasteiger partial charge is 0.244 e. The molecule has 2 rings (SSSR count). The molecule has 1 heterocycles. The third-order valence-electron chi connectivity index (χ3n) is 10.8. The van der Waals surface area contributed by atoms with Crippen LogP contribution in [0.25, 0.3) is 0 Å². The molecule has 1 aliphatic rings. The van der Waals surface area contributed by atoms with Gasteiger partial charge in [0.15, 0.2) is 12.4 Å². The van der Waals surface area contributed by atoms with Crippen LogP contribution in [0.4, 0.5) is 0 Å². The minimum atomic E-state index is 0.495. The average Bonchev–Trinajstić information content (AvgIpc) is 3.63. The van der Waals surface area contributed by atoms with E-state index in [1.807, 2.05) is 12.4 Å². The molecule has 0 aromatic heterocycles. The number of nitrogens with zero attached hydrogens (tertiary/aromatic N) is 2. The van der Waals surface area contributed by atoms with E-state index in [1.165, 1.54) is 205 Å². The van der Waals surface area contributed by atoms with Crippen LogP contribution in [0.2, 0.25) is 0 Å². The molecule has 2 atom stereocenters. The van der Waals surface area contributed by atoms with Gasteiger partial charge in [-0.3, -0.25) is 0 Å². The van der Waals surface area contributed by atoms with E-state index >= 15 is 0 Å². The maximum absolute atomic E-state index is 4.77. The lowest BCUT2D eigenvalue weighted by Crippen LogP contribution is -2.22. The minimum Gasteiger partial charge on any atom is -0.0965 e. The fourth-order valence-electron chi connectivity index (χ4n) is 7.72. The van der Waals surface area contributed by atoms with Crippen LogP contribution < -0.4 is 0 Å². The Balaban J connectivity index is 1.62. The van der Waals surface area contributed by atoms with Gasteiger partial charge in [-0.25, -0.2) is 0 Å². The normalized spacial score (nSPS) is 14.0. The Hall–Kier alpha value is -1.57. The molecule has 2 nitrogen and oxygen atoms in total. The summed E-state index contributed by atoms with van der Waals surface area (Å²) in [5.74, 6) is 1.14. The highest BCUT2D eigenvalue weighted by Crippen LogP contribution is 2.37. The van der Waals surface area contributed by atoms with Crippen molar-refractivity contribution in [3.05, 3.63) is 42.1 Å². The molecule has 0 spiro atoms. The molecular formula is C45H79N2+. The second-order valence-corrected chi connectivity index (χ2v) is 15.1. The van der Waals surface area contributed by atoms with E-state index in [1.54, 1.807) is 0 Å². The van der Waals surface area contributed by atoms with Crippen LogP contribution in [0.1, 0.15) is 218 Å². The molecule has 1 aromatic rings. The lowest BCUT2D eigenvalue weighted by Gasteiger charge is -2.26. The van der Waals surface area contributed by atoms with Crippen LogP contribution in [0.3, 0.4) is 0 Å². The molecule has 268 valence electrons. The van der Waals surface area contributed by atoms with Crippen LogP contribution >= 0.6 is 0 Å². The van der Waals surface area contributed by atoms with Gasteiger partial charge in [0.25, 0.3) is 0 Å². The first-order valence-corrected chi connectivity index (χ1v) is 21.3. The monoisotopic (exact) mass is 648 g/mol. The molecule has 0 amide bonds. The molecule has 1 aliphatic heterocycles. The van der Waals surface area contributed by atoms with Crippen molar-refractivity contribution in [1.29, 1.82) is 0 Å². The van der Waals surface area contributed by atoms with Gasteiger partial charge in [-0.05, 0) is 30.7 Å². The molecule has 1 aromatic carbocycles.